The third kappa shape index (κ3) is 3.93. The third-order valence-electron chi connectivity index (χ3n) is 3.19. The van der Waals surface area contributed by atoms with Crippen LogP contribution in [-0.4, -0.2) is 11.9 Å². The van der Waals surface area contributed by atoms with E-state index in [9.17, 15) is 4.79 Å². The van der Waals surface area contributed by atoms with Gasteiger partial charge in [0.25, 0.3) is 5.91 Å². The lowest BCUT2D eigenvalue weighted by Gasteiger charge is -2.14. The Morgan fingerprint density at radius 2 is 1.80 bits per heavy atom. The maximum absolute atomic E-state index is 12.2. The molecule has 104 valence electrons. The van der Waals surface area contributed by atoms with Gasteiger partial charge in [0.2, 0.25) is 0 Å². The molecule has 0 spiro atoms. The number of hydrogen-bond acceptors (Lipinski definition) is 2. The van der Waals surface area contributed by atoms with Crippen molar-refractivity contribution in [3.63, 3.8) is 0 Å². The highest BCUT2D eigenvalue weighted by Gasteiger charge is 2.10. The number of amides is 1. The number of benzene rings is 2. The van der Waals surface area contributed by atoms with Gasteiger partial charge in [0, 0.05) is 18.2 Å². The molecule has 1 unspecified atom stereocenters. The van der Waals surface area contributed by atoms with Crippen molar-refractivity contribution in [2.75, 3.05) is 0 Å². The first-order chi connectivity index (χ1) is 9.69. The second-order valence-electron chi connectivity index (χ2n) is 4.97. The molecule has 2 rings (SSSR count). The fourth-order valence-electron chi connectivity index (χ4n) is 2.17. The van der Waals surface area contributed by atoms with Crippen LogP contribution in [0.4, 0.5) is 0 Å². The summed E-state index contributed by atoms with van der Waals surface area (Å²) in [4.78, 5) is 12.2. The van der Waals surface area contributed by atoms with Gasteiger partial charge in [0.05, 0.1) is 0 Å². The Hall–Kier alpha value is -2.13. The van der Waals surface area contributed by atoms with Gasteiger partial charge in [-0.2, -0.15) is 0 Å². The number of nitrogens with two attached hydrogens (primary N) is 1. The first-order valence-corrected chi connectivity index (χ1v) is 6.83. The molecule has 0 aliphatic heterocycles. The van der Waals surface area contributed by atoms with Crippen LogP contribution in [-0.2, 0) is 13.0 Å². The first kappa shape index (κ1) is 14.3. The Kier molecular flexibility index (Phi) is 4.91. The molecule has 0 bridgehead atoms. The largest absolute Gasteiger partial charge is 0.349 e. The predicted molar refractivity (Wildman–Crippen MR) is 81.4 cm³/mol. The Balaban J connectivity index is 1.96. The molecule has 3 heteroatoms. The molecule has 0 aliphatic rings. The van der Waals surface area contributed by atoms with E-state index in [-0.39, 0.29) is 11.9 Å². The summed E-state index contributed by atoms with van der Waals surface area (Å²) in [7, 11) is 0. The summed E-state index contributed by atoms with van der Waals surface area (Å²) in [5.74, 6) is -0.0521. The second-order valence-corrected chi connectivity index (χ2v) is 4.97. The maximum atomic E-state index is 12.2. The third-order valence-corrected chi connectivity index (χ3v) is 3.19. The average molecular weight is 268 g/mol. The zero-order valence-corrected chi connectivity index (χ0v) is 11.7. The van der Waals surface area contributed by atoms with Crippen LogP contribution in [0, 0.1) is 0 Å². The smallest absolute Gasteiger partial charge is 0.251 e. The number of carbonyl (C=O) groups is 1. The molecular formula is C17H20N2O. The van der Waals surface area contributed by atoms with Gasteiger partial charge in [-0.25, -0.2) is 0 Å². The van der Waals surface area contributed by atoms with Crippen LogP contribution in [0.5, 0.6) is 0 Å². The molecule has 0 heterocycles. The van der Waals surface area contributed by atoms with E-state index >= 15 is 0 Å². The monoisotopic (exact) mass is 268 g/mol. The van der Waals surface area contributed by atoms with Crippen LogP contribution in [0.2, 0.25) is 0 Å². The van der Waals surface area contributed by atoms with Gasteiger partial charge in [-0.05, 0) is 36.6 Å². The highest BCUT2D eigenvalue weighted by Crippen LogP contribution is 2.07. The maximum Gasteiger partial charge on any atom is 0.251 e. The Morgan fingerprint density at radius 1 is 1.10 bits per heavy atom. The Labute approximate surface area is 119 Å². The van der Waals surface area contributed by atoms with Crippen LogP contribution in [0.3, 0.4) is 0 Å². The molecule has 2 aromatic rings. The van der Waals surface area contributed by atoms with Crippen LogP contribution >= 0.6 is 0 Å². The van der Waals surface area contributed by atoms with Crippen molar-refractivity contribution in [1.82, 2.24) is 5.32 Å². The van der Waals surface area contributed by atoms with Gasteiger partial charge in [-0.15, -0.1) is 0 Å². The van der Waals surface area contributed by atoms with E-state index in [1.165, 1.54) is 5.56 Å². The second kappa shape index (κ2) is 6.87. The summed E-state index contributed by atoms with van der Waals surface area (Å²) in [6, 6.07) is 17.7. The SMILES string of the molecule is CC(Cc1ccccc1)NC(=O)c1cccc(CN)c1. The molecule has 1 amide bonds. The van der Waals surface area contributed by atoms with Gasteiger partial charge in [0.1, 0.15) is 0 Å². The highest BCUT2D eigenvalue weighted by atomic mass is 16.1. The van der Waals surface area contributed by atoms with E-state index in [1.807, 2.05) is 49.4 Å². The standard InChI is InChI=1S/C17H20N2O/c1-13(10-14-6-3-2-4-7-14)19-17(20)16-9-5-8-15(11-16)12-18/h2-9,11,13H,10,12,18H2,1H3,(H,19,20). The summed E-state index contributed by atoms with van der Waals surface area (Å²) in [6.45, 7) is 2.46. The number of nitrogens with one attached hydrogen (secondary N) is 1. The molecule has 0 aromatic heterocycles. The topological polar surface area (TPSA) is 55.1 Å². The lowest BCUT2D eigenvalue weighted by molar-refractivity contribution is 0.0940. The summed E-state index contributed by atoms with van der Waals surface area (Å²) in [5.41, 5.74) is 8.44. The Bertz CT molecular complexity index is 566. The van der Waals surface area contributed by atoms with E-state index in [4.69, 9.17) is 5.73 Å². The molecule has 0 saturated carbocycles. The molecule has 0 radical (unpaired) electrons. The van der Waals surface area contributed by atoms with Crippen LogP contribution in [0.15, 0.2) is 54.6 Å². The van der Waals surface area contributed by atoms with Crippen molar-refractivity contribution in [3.8, 4) is 0 Å². The number of hydrogen-bond donors (Lipinski definition) is 2. The fourth-order valence-corrected chi connectivity index (χ4v) is 2.17. The minimum absolute atomic E-state index is 0.0521. The van der Waals surface area contributed by atoms with Crippen molar-refractivity contribution < 1.29 is 4.79 Å². The van der Waals surface area contributed by atoms with Crippen LogP contribution in [0.25, 0.3) is 0 Å². The summed E-state index contributed by atoms with van der Waals surface area (Å²) < 4.78 is 0. The lowest BCUT2D eigenvalue weighted by atomic mass is 10.1. The van der Waals surface area contributed by atoms with Crippen LogP contribution in [0.1, 0.15) is 28.4 Å². The van der Waals surface area contributed by atoms with Crippen molar-refractivity contribution in [1.29, 1.82) is 0 Å². The van der Waals surface area contributed by atoms with E-state index in [2.05, 4.69) is 17.4 Å². The molecule has 2 aromatic carbocycles. The summed E-state index contributed by atoms with van der Waals surface area (Å²) in [5, 5.41) is 3.02. The molecule has 3 nitrogen and oxygen atoms in total. The van der Waals surface area contributed by atoms with Crippen molar-refractivity contribution in [2.45, 2.75) is 25.9 Å². The minimum Gasteiger partial charge on any atom is -0.349 e. The quantitative estimate of drug-likeness (QED) is 0.875. The molecule has 1 atom stereocenters. The van der Waals surface area contributed by atoms with Crippen molar-refractivity contribution in [3.05, 3.63) is 71.3 Å². The van der Waals surface area contributed by atoms with Gasteiger partial charge in [-0.3, -0.25) is 4.79 Å². The molecule has 0 fully saturated rings. The first-order valence-electron chi connectivity index (χ1n) is 6.83. The minimum atomic E-state index is -0.0521. The van der Waals surface area contributed by atoms with Crippen molar-refractivity contribution in [2.24, 2.45) is 5.73 Å². The van der Waals surface area contributed by atoms with E-state index in [1.54, 1.807) is 0 Å². The summed E-state index contributed by atoms with van der Waals surface area (Å²) >= 11 is 0. The molecule has 0 saturated heterocycles. The highest BCUT2D eigenvalue weighted by molar-refractivity contribution is 5.94. The number of carbonyl (C=O) groups excluding carboxylic acids is 1. The van der Waals surface area contributed by atoms with E-state index in [0.717, 1.165) is 12.0 Å². The van der Waals surface area contributed by atoms with Gasteiger partial charge in [-0.1, -0.05) is 42.5 Å². The van der Waals surface area contributed by atoms with Crippen LogP contribution < -0.4 is 11.1 Å². The van der Waals surface area contributed by atoms with Gasteiger partial charge >= 0.3 is 0 Å². The fraction of sp³-hybridized carbons (Fsp3) is 0.235. The summed E-state index contributed by atoms with van der Waals surface area (Å²) in [6.07, 6.45) is 0.823. The van der Waals surface area contributed by atoms with E-state index in [0.29, 0.717) is 12.1 Å². The van der Waals surface area contributed by atoms with E-state index < -0.39 is 0 Å². The van der Waals surface area contributed by atoms with Crippen molar-refractivity contribution >= 4 is 5.91 Å². The average Bonchev–Trinajstić information content (AvgIpc) is 2.48. The predicted octanol–water partition coefficient (Wildman–Crippen LogP) is 2.51. The van der Waals surface area contributed by atoms with Gasteiger partial charge in [0.15, 0.2) is 0 Å². The molecule has 0 aliphatic carbocycles. The lowest BCUT2D eigenvalue weighted by Crippen LogP contribution is -2.34. The molecule has 20 heavy (non-hydrogen) atoms. The number of rotatable bonds is 5. The molecular weight excluding hydrogens is 248 g/mol. The molecule has 3 N–H and O–H groups in total. The zero-order chi connectivity index (χ0) is 14.4. The van der Waals surface area contributed by atoms with Gasteiger partial charge < -0.3 is 11.1 Å². The normalized spacial score (nSPS) is 11.9. The zero-order valence-electron chi connectivity index (χ0n) is 11.7. The Morgan fingerprint density at radius 3 is 2.50 bits per heavy atom.